The molecular formula is C32H33N5O3. The number of methoxy groups -OCH3 is 1. The van der Waals surface area contributed by atoms with Crippen LogP contribution < -0.4 is 4.74 Å². The molecule has 0 N–H and O–H groups in total. The van der Waals surface area contributed by atoms with E-state index >= 15 is 0 Å². The van der Waals surface area contributed by atoms with Crippen LogP contribution in [-0.2, 0) is 35.3 Å². The quantitative estimate of drug-likeness (QED) is 0.269. The van der Waals surface area contributed by atoms with Crippen molar-refractivity contribution >= 4 is 11.6 Å². The van der Waals surface area contributed by atoms with E-state index in [0.29, 0.717) is 24.2 Å². The van der Waals surface area contributed by atoms with E-state index in [0.717, 1.165) is 54.1 Å². The molecule has 1 aromatic carbocycles. The minimum atomic E-state index is 0.0718. The molecule has 3 heterocycles. The molecule has 5 rings (SSSR count). The molecular weight excluding hydrogens is 502 g/mol. The van der Waals surface area contributed by atoms with Gasteiger partial charge in [0.2, 0.25) is 0 Å². The maximum Gasteiger partial charge on any atom is 0.144 e. The van der Waals surface area contributed by atoms with E-state index < -0.39 is 0 Å². The van der Waals surface area contributed by atoms with Gasteiger partial charge >= 0.3 is 0 Å². The summed E-state index contributed by atoms with van der Waals surface area (Å²) in [7, 11) is 1.62. The van der Waals surface area contributed by atoms with Crippen molar-refractivity contribution in [2.75, 3.05) is 7.11 Å². The molecule has 3 aromatic heterocycles. The molecule has 0 saturated heterocycles. The number of Topliss-reactive ketones (excluding diaryl/α,β-unsaturated/α-hetero) is 2. The molecule has 0 radical (unpaired) electrons. The Morgan fingerprint density at radius 3 is 1.95 bits per heavy atom. The summed E-state index contributed by atoms with van der Waals surface area (Å²) in [4.78, 5) is 29.2. The van der Waals surface area contributed by atoms with Crippen molar-refractivity contribution < 1.29 is 14.3 Å². The lowest BCUT2D eigenvalue weighted by molar-refractivity contribution is -0.118. The Morgan fingerprint density at radius 1 is 0.725 bits per heavy atom. The molecule has 8 heteroatoms. The third-order valence-corrected chi connectivity index (χ3v) is 7.39. The van der Waals surface area contributed by atoms with E-state index in [1.165, 1.54) is 0 Å². The van der Waals surface area contributed by atoms with Gasteiger partial charge in [0.15, 0.2) is 0 Å². The lowest BCUT2D eigenvalue weighted by Crippen LogP contribution is -2.17. The summed E-state index contributed by atoms with van der Waals surface area (Å²) in [6, 6.07) is 21.0. The molecule has 0 bridgehead atoms. The number of carbonyl (C=O) groups is 2. The predicted molar refractivity (Wildman–Crippen MR) is 150 cm³/mol. The van der Waals surface area contributed by atoms with Crippen LogP contribution in [0.2, 0.25) is 0 Å². The van der Waals surface area contributed by atoms with E-state index in [1.54, 1.807) is 13.3 Å². The van der Waals surface area contributed by atoms with Crippen molar-refractivity contribution in [2.24, 2.45) is 0 Å². The number of hydrogen-bond donors (Lipinski definition) is 0. The first-order valence-corrected chi connectivity index (χ1v) is 13.8. The second-order valence-electron chi connectivity index (χ2n) is 10.4. The van der Waals surface area contributed by atoms with Gasteiger partial charge in [0.1, 0.15) is 17.3 Å². The summed E-state index contributed by atoms with van der Waals surface area (Å²) >= 11 is 0. The Bertz CT molecular complexity index is 1430. The van der Waals surface area contributed by atoms with Crippen LogP contribution in [0.1, 0.15) is 71.6 Å². The van der Waals surface area contributed by atoms with E-state index in [-0.39, 0.29) is 36.2 Å². The van der Waals surface area contributed by atoms with Crippen LogP contribution in [0, 0.1) is 0 Å². The first-order chi connectivity index (χ1) is 19.6. The average Bonchev–Trinajstić information content (AvgIpc) is 2.98. The summed E-state index contributed by atoms with van der Waals surface area (Å²) in [6.45, 7) is 0. The molecule has 1 aliphatic carbocycles. The molecule has 4 aromatic rings. The van der Waals surface area contributed by atoms with Crippen molar-refractivity contribution in [3.8, 4) is 5.75 Å². The molecule has 1 aliphatic rings. The Morgan fingerprint density at radius 2 is 1.38 bits per heavy atom. The molecule has 0 amide bonds. The molecule has 2 atom stereocenters. The summed E-state index contributed by atoms with van der Waals surface area (Å²) in [5.74, 6) is 1.48. The zero-order chi connectivity index (χ0) is 27.7. The van der Waals surface area contributed by atoms with E-state index in [9.17, 15) is 9.59 Å². The molecule has 0 spiro atoms. The van der Waals surface area contributed by atoms with E-state index in [1.807, 2.05) is 66.7 Å². The minimum absolute atomic E-state index is 0.0718. The fourth-order valence-corrected chi connectivity index (χ4v) is 5.34. The van der Waals surface area contributed by atoms with Crippen molar-refractivity contribution in [2.45, 2.75) is 63.2 Å². The summed E-state index contributed by atoms with van der Waals surface area (Å²) < 4.78 is 5.24. The number of pyridine rings is 1. The standard InChI is InChI=1S/C32H33N5O3/c1-40-30-10-4-6-22(17-30)16-28(38)20-26-11-13-31(36-34-26)23-7-5-8-24(18-23)32-14-12-27(35-37-32)21-29(39)19-25-9-2-3-15-33-25/h2-4,6,9-15,17,23-24H,5,7-8,16,18-21H2,1H3/t23-,24-/m0/s1. The second-order valence-corrected chi connectivity index (χ2v) is 10.4. The number of rotatable bonds is 11. The molecule has 204 valence electrons. The predicted octanol–water partition coefficient (Wildman–Crippen LogP) is 4.82. The number of ketones is 2. The highest BCUT2D eigenvalue weighted by Crippen LogP contribution is 2.39. The van der Waals surface area contributed by atoms with Gasteiger partial charge in [-0.15, -0.1) is 0 Å². The highest BCUT2D eigenvalue weighted by atomic mass is 16.5. The van der Waals surface area contributed by atoms with Crippen molar-refractivity contribution in [3.05, 3.63) is 107 Å². The lowest BCUT2D eigenvalue weighted by atomic mass is 9.78. The van der Waals surface area contributed by atoms with Crippen molar-refractivity contribution in [1.29, 1.82) is 0 Å². The van der Waals surface area contributed by atoms with Gasteiger partial charge in [-0.1, -0.05) is 24.6 Å². The van der Waals surface area contributed by atoms with Gasteiger partial charge in [0.25, 0.3) is 0 Å². The topological polar surface area (TPSA) is 108 Å². The van der Waals surface area contributed by atoms with Crippen LogP contribution in [0.5, 0.6) is 5.75 Å². The first-order valence-electron chi connectivity index (χ1n) is 13.8. The van der Waals surface area contributed by atoms with Crippen molar-refractivity contribution in [1.82, 2.24) is 25.4 Å². The van der Waals surface area contributed by atoms with Crippen molar-refractivity contribution in [3.63, 3.8) is 0 Å². The van der Waals surface area contributed by atoms with Crippen LogP contribution in [0.3, 0.4) is 0 Å². The lowest BCUT2D eigenvalue weighted by Gasteiger charge is -2.28. The SMILES string of the molecule is COc1cccc(CC(=O)Cc2ccc([C@H]3CCC[C@H](c4ccc(CC(=O)Cc5ccccn5)nn4)C3)nn2)c1. The van der Waals surface area contributed by atoms with Crippen LogP contribution >= 0.6 is 0 Å². The van der Waals surface area contributed by atoms with Crippen LogP contribution in [0.15, 0.2) is 72.9 Å². The number of hydrogen-bond acceptors (Lipinski definition) is 8. The largest absolute Gasteiger partial charge is 0.497 e. The number of carbonyl (C=O) groups excluding carboxylic acids is 2. The fourth-order valence-electron chi connectivity index (χ4n) is 5.34. The van der Waals surface area contributed by atoms with Gasteiger partial charge in [0.05, 0.1) is 42.7 Å². The highest BCUT2D eigenvalue weighted by molar-refractivity contribution is 5.83. The highest BCUT2D eigenvalue weighted by Gasteiger charge is 2.27. The molecule has 8 nitrogen and oxygen atoms in total. The minimum Gasteiger partial charge on any atom is -0.497 e. The zero-order valence-electron chi connectivity index (χ0n) is 22.7. The Balaban J connectivity index is 1.14. The smallest absolute Gasteiger partial charge is 0.144 e. The summed E-state index contributed by atoms with van der Waals surface area (Å²) in [5, 5.41) is 17.7. The van der Waals surface area contributed by atoms with Gasteiger partial charge in [-0.3, -0.25) is 14.6 Å². The fraction of sp³-hybridized carbons (Fsp3) is 0.344. The zero-order valence-corrected chi connectivity index (χ0v) is 22.7. The maximum atomic E-state index is 12.6. The summed E-state index contributed by atoms with van der Waals surface area (Å²) in [5.41, 5.74) is 4.97. The molecule has 1 saturated carbocycles. The normalized spacial score (nSPS) is 16.8. The first kappa shape index (κ1) is 27.2. The van der Waals surface area contributed by atoms with Gasteiger partial charge in [-0.2, -0.15) is 20.4 Å². The third kappa shape index (κ3) is 7.40. The van der Waals surface area contributed by atoms with Crippen LogP contribution in [0.4, 0.5) is 0 Å². The monoisotopic (exact) mass is 535 g/mol. The van der Waals surface area contributed by atoms with Gasteiger partial charge in [-0.25, -0.2) is 0 Å². The molecule has 1 fully saturated rings. The Hall–Kier alpha value is -4.33. The number of ether oxygens (including phenoxy) is 1. The molecule has 0 aliphatic heterocycles. The molecule has 40 heavy (non-hydrogen) atoms. The number of benzene rings is 1. The number of nitrogens with zero attached hydrogens (tertiary/aromatic N) is 5. The molecule has 0 unspecified atom stereocenters. The maximum absolute atomic E-state index is 12.6. The third-order valence-electron chi connectivity index (χ3n) is 7.39. The van der Waals surface area contributed by atoms with Gasteiger partial charge in [0, 0.05) is 36.6 Å². The van der Waals surface area contributed by atoms with E-state index in [2.05, 4.69) is 25.4 Å². The second kappa shape index (κ2) is 13.2. The Kier molecular flexibility index (Phi) is 8.96. The van der Waals surface area contributed by atoms with Crippen LogP contribution in [-0.4, -0.2) is 44.1 Å². The van der Waals surface area contributed by atoms with E-state index in [4.69, 9.17) is 4.74 Å². The summed E-state index contributed by atoms with van der Waals surface area (Å²) in [6.07, 6.45) is 6.93. The number of aromatic nitrogens is 5. The Labute approximate surface area is 234 Å². The van der Waals surface area contributed by atoms with Crippen LogP contribution in [0.25, 0.3) is 0 Å². The van der Waals surface area contributed by atoms with Gasteiger partial charge < -0.3 is 4.74 Å². The van der Waals surface area contributed by atoms with Gasteiger partial charge in [-0.05, 0) is 73.4 Å². The average molecular weight is 536 g/mol.